The summed E-state index contributed by atoms with van der Waals surface area (Å²) in [6.45, 7) is 4.50. The smallest absolute Gasteiger partial charge is 0.307 e. The van der Waals surface area contributed by atoms with Crippen molar-refractivity contribution in [2.45, 2.75) is 37.6 Å². The molecule has 0 bridgehead atoms. The number of benzene rings is 3. The third-order valence-electron chi connectivity index (χ3n) is 8.17. The van der Waals surface area contributed by atoms with Gasteiger partial charge in [0.1, 0.15) is 4.90 Å². The van der Waals surface area contributed by atoms with E-state index in [4.69, 9.17) is 10.3 Å². The lowest BCUT2D eigenvalue weighted by Gasteiger charge is -2.24. The van der Waals surface area contributed by atoms with Crippen LogP contribution in [0.25, 0.3) is 0 Å². The fraction of sp³-hybridized carbons (Fsp3) is 0.375. The van der Waals surface area contributed by atoms with Crippen molar-refractivity contribution >= 4 is 39.0 Å². The maximum atomic E-state index is 13.8. The van der Waals surface area contributed by atoms with E-state index in [0.717, 1.165) is 33.5 Å². The van der Waals surface area contributed by atoms with Crippen molar-refractivity contribution in [3.8, 4) is 0 Å². The zero-order valence-electron chi connectivity index (χ0n) is 26.1. The number of hydrogen-bond acceptors (Lipinski definition) is 8. The highest BCUT2D eigenvalue weighted by molar-refractivity contribution is 7.89. The van der Waals surface area contributed by atoms with Crippen LogP contribution in [0.3, 0.4) is 0 Å². The lowest BCUT2D eigenvalue weighted by atomic mass is 9.84. The standard InChI is InChI=1S/C32H40N6O5S/c1-21-11-12-23(17-24(21)19-38-16-15-37(6)28-9-7-8-10-29(28)44(38,41)42)26(18-31(40)43-20-30(39)36(4)5)25-13-14-27(34-3)32(35-33)22(25)2/h7-14,17,26,33-34H,15-16,18-20H2,1-6H3/p+1. The Hall–Kier alpha value is -4.29. The summed E-state index contributed by atoms with van der Waals surface area (Å²) in [6, 6.07) is 16.6. The van der Waals surface area contributed by atoms with Gasteiger partial charge in [0.15, 0.2) is 12.3 Å². The molecule has 1 aliphatic rings. The number of hydrogen-bond donors (Lipinski definition) is 2. The van der Waals surface area contributed by atoms with E-state index in [1.165, 1.54) is 9.21 Å². The molecular weight excluding hydrogens is 580 g/mol. The number of sulfonamides is 1. The monoisotopic (exact) mass is 621 g/mol. The molecule has 0 saturated carbocycles. The third kappa shape index (κ3) is 6.76. The van der Waals surface area contributed by atoms with Crippen LogP contribution < -0.4 is 15.7 Å². The van der Waals surface area contributed by atoms with Crippen LogP contribution in [0.4, 0.5) is 17.1 Å². The first kappa shape index (κ1) is 32.6. The molecule has 1 heterocycles. The molecule has 1 aliphatic heterocycles. The number of nitrogens with two attached hydrogens (primary N) is 1. The lowest BCUT2D eigenvalue weighted by Crippen LogP contribution is -2.33. The van der Waals surface area contributed by atoms with Crippen LogP contribution in [-0.2, 0) is 30.9 Å². The Balaban J connectivity index is 1.74. The van der Waals surface area contributed by atoms with Gasteiger partial charge in [0.05, 0.1) is 17.8 Å². The minimum Gasteiger partial charge on any atom is -0.456 e. The summed E-state index contributed by atoms with van der Waals surface area (Å²) in [7, 11) is 3.09. The van der Waals surface area contributed by atoms with Gasteiger partial charge in [0.25, 0.3) is 5.91 Å². The minimum atomic E-state index is -3.77. The minimum absolute atomic E-state index is 0.0485. The van der Waals surface area contributed by atoms with E-state index >= 15 is 0 Å². The number of esters is 1. The van der Waals surface area contributed by atoms with Gasteiger partial charge in [0, 0.05) is 53.7 Å². The van der Waals surface area contributed by atoms with Crippen LogP contribution in [0.2, 0.25) is 0 Å². The number of amides is 1. The van der Waals surface area contributed by atoms with Crippen LogP contribution in [-0.4, -0.2) is 77.4 Å². The van der Waals surface area contributed by atoms with Crippen molar-refractivity contribution in [2.75, 3.05) is 58.1 Å². The molecule has 0 aliphatic carbocycles. The second-order valence-electron chi connectivity index (χ2n) is 11.2. The first-order chi connectivity index (χ1) is 20.9. The van der Waals surface area contributed by atoms with Gasteiger partial charge in [-0.3, -0.25) is 9.59 Å². The Bertz CT molecular complexity index is 1670. The third-order valence-corrected chi connectivity index (χ3v) is 10.1. The van der Waals surface area contributed by atoms with Crippen LogP contribution >= 0.6 is 0 Å². The molecule has 0 radical (unpaired) electrons. The molecule has 3 aromatic carbocycles. The summed E-state index contributed by atoms with van der Waals surface area (Å²) in [5.74, 6) is -1.34. The van der Waals surface area contributed by atoms with Gasteiger partial charge in [0.2, 0.25) is 10.0 Å². The van der Waals surface area contributed by atoms with E-state index in [2.05, 4.69) is 10.4 Å². The highest BCUT2D eigenvalue weighted by atomic mass is 32.2. The number of aryl methyl sites for hydroxylation is 1. The Labute approximate surface area is 259 Å². The Morgan fingerprint density at radius 1 is 1.09 bits per heavy atom. The van der Waals surface area contributed by atoms with Crippen LogP contribution in [0.1, 0.15) is 40.2 Å². The average Bonchev–Trinajstić information content (AvgIpc) is 3.09. The fourth-order valence-corrected chi connectivity index (χ4v) is 7.08. The lowest BCUT2D eigenvalue weighted by molar-refractivity contribution is -0.210. The molecule has 0 saturated heterocycles. The van der Waals surface area contributed by atoms with Crippen molar-refractivity contribution in [3.05, 3.63) is 82.4 Å². The maximum absolute atomic E-state index is 13.8. The summed E-state index contributed by atoms with van der Waals surface area (Å²) >= 11 is 0. The number of ether oxygens (including phenoxy) is 1. The van der Waals surface area contributed by atoms with Gasteiger partial charge in [-0.15, -0.1) is 0 Å². The summed E-state index contributed by atoms with van der Waals surface area (Å²) in [6.07, 6.45) is -0.0485. The quantitative estimate of drug-likeness (QED) is 0.262. The predicted octanol–water partition coefficient (Wildman–Crippen LogP) is 2.98. The molecule has 1 unspecified atom stereocenters. The first-order valence-corrected chi connectivity index (χ1v) is 15.8. The second kappa shape index (κ2) is 13.6. The molecule has 44 heavy (non-hydrogen) atoms. The molecule has 0 spiro atoms. The van der Waals surface area contributed by atoms with E-state index in [1.54, 1.807) is 33.3 Å². The zero-order valence-corrected chi connectivity index (χ0v) is 26.9. The molecule has 0 aromatic heterocycles. The van der Waals surface area contributed by atoms with Crippen LogP contribution in [0, 0.1) is 13.8 Å². The topological polar surface area (TPSA) is 137 Å². The first-order valence-electron chi connectivity index (χ1n) is 14.4. The van der Waals surface area contributed by atoms with Gasteiger partial charge < -0.3 is 19.9 Å². The number of nitrogens with zero attached hydrogens (tertiary/aromatic N) is 4. The van der Waals surface area contributed by atoms with Gasteiger partial charge in [-0.05, 0) is 65.0 Å². The van der Waals surface area contributed by atoms with E-state index in [0.29, 0.717) is 24.5 Å². The van der Waals surface area contributed by atoms with Gasteiger partial charge >= 0.3 is 5.97 Å². The number of para-hydroxylation sites is 1. The summed E-state index contributed by atoms with van der Waals surface area (Å²) < 4.78 is 34.5. The average molecular weight is 622 g/mol. The zero-order chi connectivity index (χ0) is 32.2. The Morgan fingerprint density at radius 3 is 2.50 bits per heavy atom. The molecule has 3 N–H and O–H groups in total. The summed E-state index contributed by atoms with van der Waals surface area (Å²) in [5.41, 5.74) is 11.9. The molecular formula is C32H41N6O5S+. The largest absolute Gasteiger partial charge is 0.456 e. The van der Waals surface area contributed by atoms with E-state index in [9.17, 15) is 18.0 Å². The second-order valence-corrected chi connectivity index (χ2v) is 13.1. The van der Waals surface area contributed by atoms with Crippen molar-refractivity contribution in [1.29, 1.82) is 0 Å². The number of carbonyl (C=O) groups excluding carboxylic acids is 2. The van der Waals surface area contributed by atoms with Gasteiger partial charge in [-0.1, -0.05) is 36.4 Å². The summed E-state index contributed by atoms with van der Waals surface area (Å²) in [4.78, 5) is 28.8. The van der Waals surface area contributed by atoms with Gasteiger partial charge in [-0.2, -0.15) is 9.84 Å². The molecule has 1 amide bonds. The van der Waals surface area contributed by atoms with Crippen molar-refractivity contribution in [2.24, 2.45) is 5.11 Å². The number of fused-ring (bicyclic) bond motifs is 1. The van der Waals surface area contributed by atoms with Crippen molar-refractivity contribution < 1.29 is 28.3 Å². The van der Waals surface area contributed by atoms with Crippen molar-refractivity contribution in [3.63, 3.8) is 0 Å². The van der Waals surface area contributed by atoms with E-state index < -0.39 is 21.9 Å². The number of carbonyl (C=O) groups is 2. The highest BCUT2D eigenvalue weighted by Crippen LogP contribution is 2.39. The number of rotatable bonds is 10. The SMILES string of the molecule is CNc1ccc(C(CC(=O)OCC(=O)N(C)C)c2ccc(C)c(CN3CCN(C)c4ccccc4S3(=O)=O)c2)c(C)c1N=[NH2+]. The molecule has 11 nitrogen and oxygen atoms in total. The maximum Gasteiger partial charge on any atom is 0.307 e. The summed E-state index contributed by atoms with van der Waals surface area (Å²) in [5, 5.41) is 7.08. The van der Waals surface area contributed by atoms with E-state index in [1.807, 2.05) is 68.3 Å². The molecule has 12 heteroatoms. The predicted molar refractivity (Wildman–Crippen MR) is 169 cm³/mol. The van der Waals surface area contributed by atoms with Gasteiger partial charge in [-0.25, -0.2) is 8.42 Å². The number of anilines is 2. The Morgan fingerprint density at radius 2 is 1.82 bits per heavy atom. The highest BCUT2D eigenvalue weighted by Gasteiger charge is 2.32. The molecule has 3 aromatic rings. The molecule has 0 fully saturated rings. The normalized spacial score (nSPS) is 15.1. The van der Waals surface area contributed by atoms with Crippen LogP contribution in [0.5, 0.6) is 0 Å². The fourth-order valence-electron chi connectivity index (χ4n) is 5.43. The van der Waals surface area contributed by atoms with Crippen molar-refractivity contribution in [1.82, 2.24) is 9.21 Å². The van der Waals surface area contributed by atoms with E-state index in [-0.39, 0.29) is 30.4 Å². The number of nitrogens with one attached hydrogen (secondary N) is 1. The molecule has 4 rings (SSSR count). The Kier molecular flexibility index (Phi) is 10.1. The van der Waals surface area contributed by atoms with Crippen LogP contribution in [0.15, 0.2) is 64.6 Å². The molecule has 234 valence electrons. The molecule has 1 atom stereocenters. The number of likely N-dealkylation sites (N-methyl/N-ethyl adjacent to an activating group) is 2.